The molecular weight excluding hydrogens is 246 g/mol. The van der Waals surface area contributed by atoms with Crippen molar-refractivity contribution < 1.29 is 9.53 Å². The molecule has 0 saturated carbocycles. The number of anilines is 1. The molecule has 0 aliphatic heterocycles. The van der Waals surface area contributed by atoms with Gasteiger partial charge in [-0.25, -0.2) is 0 Å². The fourth-order valence-electron chi connectivity index (χ4n) is 1.26. The Hall–Kier alpha value is -1.63. The molecule has 0 spiro atoms. The summed E-state index contributed by atoms with van der Waals surface area (Å²) in [6, 6.07) is 0.0994. The lowest BCUT2D eigenvalue weighted by Crippen LogP contribution is -2.36. The molecule has 0 radical (unpaired) electrons. The second-order valence-electron chi connectivity index (χ2n) is 4.07. The second-order valence-corrected chi connectivity index (χ2v) is 4.40. The molecule has 3 N–H and O–H groups in total. The van der Waals surface area contributed by atoms with Gasteiger partial charge in [0.1, 0.15) is 0 Å². The van der Waals surface area contributed by atoms with Crippen molar-refractivity contribution in [3.8, 4) is 6.01 Å². The van der Waals surface area contributed by atoms with Gasteiger partial charge >= 0.3 is 6.01 Å². The lowest BCUT2D eigenvalue weighted by Gasteiger charge is -2.24. The molecule has 17 heavy (non-hydrogen) atoms. The highest BCUT2D eigenvalue weighted by molar-refractivity contribution is 6.28. The largest absolute Gasteiger partial charge is 0.467 e. The number of methoxy groups -OCH3 is 1. The first-order chi connectivity index (χ1) is 7.82. The Morgan fingerprint density at radius 1 is 1.47 bits per heavy atom. The third kappa shape index (κ3) is 4.39. The Labute approximate surface area is 104 Å². The summed E-state index contributed by atoms with van der Waals surface area (Å²) in [5.41, 5.74) is 4.55. The van der Waals surface area contributed by atoms with Crippen LogP contribution < -0.4 is 15.8 Å². The van der Waals surface area contributed by atoms with Crippen molar-refractivity contribution in [2.75, 3.05) is 12.4 Å². The van der Waals surface area contributed by atoms with Crippen molar-refractivity contribution in [2.45, 2.75) is 25.8 Å². The lowest BCUT2D eigenvalue weighted by atomic mass is 10.0. The highest BCUT2D eigenvalue weighted by Gasteiger charge is 2.22. The molecule has 94 valence electrons. The summed E-state index contributed by atoms with van der Waals surface area (Å²) in [4.78, 5) is 22.4. The number of hydrogen-bond donors (Lipinski definition) is 2. The summed E-state index contributed by atoms with van der Waals surface area (Å²) in [5, 5.41) is 2.95. The van der Waals surface area contributed by atoms with Gasteiger partial charge < -0.3 is 15.8 Å². The average Bonchev–Trinajstić information content (AvgIpc) is 2.13. The van der Waals surface area contributed by atoms with E-state index < -0.39 is 11.4 Å². The zero-order valence-electron chi connectivity index (χ0n) is 9.82. The zero-order chi connectivity index (χ0) is 13.1. The summed E-state index contributed by atoms with van der Waals surface area (Å²) in [5.74, 6) is -0.192. The van der Waals surface area contributed by atoms with Crippen LogP contribution in [0.25, 0.3) is 0 Å². The highest BCUT2D eigenvalue weighted by atomic mass is 35.5. The molecule has 8 heteroatoms. The van der Waals surface area contributed by atoms with Gasteiger partial charge in [0, 0.05) is 12.0 Å². The first-order valence-corrected chi connectivity index (χ1v) is 5.22. The number of hydrogen-bond acceptors (Lipinski definition) is 6. The number of carbonyl (C=O) groups is 1. The third-order valence-electron chi connectivity index (χ3n) is 1.84. The Morgan fingerprint density at radius 3 is 2.65 bits per heavy atom. The molecule has 0 saturated heterocycles. The average molecular weight is 260 g/mol. The van der Waals surface area contributed by atoms with Crippen molar-refractivity contribution in [1.29, 1.82) is 0 Å². The van der Waals surface area contributed by atoms with Crippen LogP contribution in [0, 0.1) is 0 Å². The van der Waals surface area contributed by atoms with E-state index in [1.807, 2.05) is 0 Å². The number of nitrogens with one attached hydrogen (secondary N) is 1. The quantitative estimate of drug-likeness (QED) is 0.803. The molecule has 0 fully saturated rings. The van der Waals surface area contributed by atoms with Gasteiger partial charge in [0.15, 0.2) is 0 Å². The predicted molar refractivity (Wildman–Crippen MR) is 62.9 cm³/mol. The maximum Gasteiger partial charge on any atom is 0.322 e. The maximum absolute atomic E-state index is 10.9. The molecule has 1 heterocycles. The molecule has 1 aromatic heterocycles. The van der Waals surface area contributed by atoms with Crippen LogP contribution in [-0.4, -0.2) is 33.5 Å². The number of halogens is 1. The van der Waals surface area contributed by atoms with Crippen LogP contribution in [0.3, 0.4) is 0 Å². The summed E-state index contributed by atoms with van der Waals surface area (Å²) >= 11 is 5.69. The smallest absolute Gasteiger partial charge is 0.322 e. The fraction of sp³-hybridized carbons (Fsp3) is 0.556. The van der Waals surface area contributed by atoms with Gasteiger partial charge in [-0.15, -0.1) is 0 Å². The van der Waals surface area contributed by atoms with Gasteiger partial charge in [-0.1, -0.05) is 0 Å². The molecule has 0 aliphatic carbocycles. The molecule has 1 rings (SSSR count). The number of carbonyl (C=O) groups excluding carboxylic acids is 1. The Morgan fingerprint density at radius 2 is 2.12 bits per heavy atom. The van der Waals surface area contributed by atoms with Gasteiger partial charge in [0.25, 0.3) is 0 Å². The summed E-state index contributed by atoms with van der Waals surface area (Å²) < 4.78 is 4.85. The monoisotopic (exact) mass is 259 g/mol. The number of nitrogens with two attached hydrogens (primary N) is 1. The van der Waals surface area contributed by atoms with Crippen molar-refractivity contribution in [3.05, 3.63) is 5.28 Å². The topological polar surface area (TPSA) is 103 Å². The Kier molecular flexibility index (Phi) is 4.06. The van der Waals surface area contributed by atoms with E-state index in [9.17, 15) is 4.79 Å². The number of ether oxygens (including phenoxy) is 1. The molecule has 1 amide bonds. The summed E-state index contributed by atoms with van der Waals surface area (Å²) in [6.45, 7) is 3.59. The van der Waals surface area contributed by atoms with Gasteiger partial charge in [-0.05, 0) is 25.4 Å². The number of nitrogens with zero attached hydrogens (tertiary/aromatic N) is 3. The van der Waals surface area contributed by atoms with Crippen LogP contribution in [0.5, 0.6) is 6.01 Å². The van der Waals surface area contributed by atoms with Crippen LogP contribution in [-0.2, 0) is 4.79 Å². The first-order valence-electron chi connectivity index (χ1n) is 4.84. The van der Waals surface area contributed by atoms with Gasteiger partial charge in [0.2, 0.25) is 17.1 Å². The van der Waals surface area contributed by atoms with E-state index in [1.54, 1.807) is 13.8 Å². The molecule has 0 atom stereocenters. The van der Waals surface area contributed by atoms with Gasteiger partial charge in [-0.3, -0.25) is 4.79 Å². The fourth-order valence-corrected chi connectivity index (χ4v) is 1.41. The van der Waals surface area contributed by atoms with E-state index in [0.29, 0.717) is 0 Å². The maximum atomic E-state index is 10.9. The highest BCUT2D eigenvalue weighted by Crippen LogP contribution is 2.17. The van der Waals surface area contributed by atoms with E-state index >= 15 is 0 Å². The van der Waals surface area contributed by atoms with Crippen molar-refractivity contribution in [1.82, 2.24) is 15.0 Å². The van der Waals surface area contributed by atoms with Gasteiger partial charge in [0.05, 0.1) is 7.11 Å². The van der Waals surface area contributed by atoms with Crippen LogP contribution in [0.1, 0.15) is 20.3 Å². The van der Waals surface area contributed by atoms with Crippen LogP contribution in [0.15, 0.2) is 0 Å². The van der Waals surface area contributed by atoms with E-state index in [2.05, 4.69) is 20.3 Å². The van der Waals surface area contributed by atoms with E-state index in [-0.39, 0.29) is 23.7 Å². The number of primary amides is 1. The second kappa shape index (κ2) is 5.13. The molecule has 7 nitrogen and oxygen atoms in total. The molecule has 0 aliphatic rings. The first kappa shape index (κ1) is 13.4. The SMILES string of the molecule is COc1nc(Cl)nc(NC(C)(C)CC(N)=O)n1. The summed E-state index contributed by atoms with van der Waals surface area (Å²) in [6.07, 6.45) is 0.138. The molecule has 0 aromatic carbocycles. The predicted octanol–water partition coefficient (Wildman–Crippen LogP) is 0.599. The Balaban J connectivity index is 2.87. The normalized spacial score (nSPS) is 11.1. The third-order valence-corrected chi connectivity index (χ3v) is 2.01. The van der Waals surface area contributed by atoms with Crippen LogP contribution >= 0.6 is 11.6 Å². The molecule has 0 bridgehead atoms. The van der Waals surface area contributed by atoms with E-state index in [4.69, 9.17) is 22.1 Å². The lowest BCUT2D eigenvalue weighted by molar-refractivity contribution is -0.118. The molecule has 0 unspecified atom stereocenters. The summed E-state index contributed by atoms with van der Waals surface area (Å²) in [7, 11) is 1.42. The molecular formula is C9H14ClN5O2. The van der Waals surface area contributed by atoms with E-state index in [1.165, 1.54) is 7.11 Å². The minimum atomic E-state index is -0.582. The Bertz CT molecular complexity index is 424. The van der Waals surface area contributed by atoms with Crippen LogP contribution in [0.2, 0.25) is 5.28 Å². The minimum absolute atomic E-state index is 0.00854. The van der Waals surface area contributed by atoms with Gasteiger partial charge in [-0.2, -0.15) is 15.0 Å². The van der Waals surface area contributed by atoms with Crippen molar-refractivity contribution >= 4 is 23.5 Å². The zero-order valence-corrected chi connectivity index (χ0v) is 10.6. The van der Waals surface area contributed by atoms with E-state index in [0.717, 1.165) is 0 Å². The number of aromatic nitrogens is 3. The van der Waals surface area contributed by atoms with Crippen LogP contribution in [0.4, 0.5) is 5.95 Å². The number of amides is 1. The molecule has 1 aromatic rings. The number of rotatable bonds is 5. The minimum Gasteiger partial charge on any atom is -0.467 e. The van der Waals surface area contributed by atoms with Crippen molar-refractivity contribution in [3.63, 3.8) is 0 Å². The standard InChI is InChI=1S/C9H14ClN5O2/c1-9(2,4-5(11)16)15-7-12-6(10)13-8(14-7)17-3/h4H2,1-3H3,(H2,11,16)(H,12,13,14,15). The van der Waals surface area contributed by atoms with Crippen molar-refractivity contribution in [2.24, 2.45) is 5.73 Å².